The number of hydrogen-bond acceptors (Lipinski definition) is 5. The first kappa shape index (κ1) is 15.3. The summed E-state index contributed by atoms with van der Waals surface area (Å²) in [4.78, 5) is 4.05. The minimum absolute atomic E-state index is 0.441. The van der Waals surface area contributed by atoms with E-state index >= 15 is 0 Å². The van der Waals surface area contributed by atoms with Gasteiger partial charge in [-0.1, -0.05) is 0 Å². The smallest absolute Gasteiger partial charge is 0.307 e. The highest BCUT2D eigenvalue weighted by atomic mass is 32.2. The highest BCUT2D eigenvalue weighted by molar-refractivity contribution is 7.87. The Hall–Kier alpha value is -2.63. The molecule has 0 saturated heterocycles. The molecular weight excluding hydrogens is 316 g/mol. The summed E-state index contributed by atoms with van der Waals surface area (Å²) < 4.78 is 32.8. The third kappa shape index (κ3) is 2.30. The first-order valence-corrected chi connectivity index (χ1v) is 8.14. The van der Waals surface area contributed by atoms with Crippen molar-refractivity contribution in [1.82, 2.24) is 13.3 Å². The van der Waals surface area contributed by atoms with Gasteiger partial charge in [-0.05, 0) is 25.1 Å². The van der Waals surface area contributed by atoms with Gasteiger partial charge in [0, 0.05) is 31.2 Å². The van der Waals surface area contributed by atoms with E-state index in [2.05, 4.69) is 11.1 Å². The van der Waals surface area contributed by atoms with Gasteiger partial charge in [-0.2, -0.15) is 18.0 Å². The lowest BCUT2D eigenvalue weighted by molar-refractivity contribution is 0.512. The Morgan fingerprint density at radius 3 is 2.65 bits per heavy atom. The van der Waals surface area contributed by atoms with Gasteiger partial charge >= 0.3 is 10.2 Å². The molecule has 0 radical (unpaired) electrons. The van der Waals surface area contributed by atoms with Crippen LogP contribution in [-0.4, -0.2) is 35.8 Å². The van der Waals surface area contributed by atoms with Crippen molar-refractivity contribution in [1.29, 1.82) is 5.26 Å². The Kier molecular flexibility index (Phi) is 3.47. The second-order valence-electron chi connectivity index (χ2n) is 5.24. The average molecular weight is 330 g/mol. The molecule has 8 heteroatoms. The van der Waals surface area contributed by atoms with Crippen LogP contribution >= 0.6 is 0 Å². The van der Waals surface area contributed by atoms with Gasteiger partial charge in [0.25, 0.3) is 0 Å². The van der Waals surface area contributed by atoms with Crippen molar-refractivity contribution in [2.75, 3.05) is 14.1 Å². The van der Waals surface area contributed by atoms with Crippen LogP contribution in [0.15, 0.2) is 35.2 Å². The van der Waals surface area contributed by atoms with Crippen LogP contribution in [0.5, 0.6) is 0 Å². The second-order valence-corrected chi connectivity index (χ2v) is 7.26. The van der Waals surface area contributed by atoms with Crippen molar-refractivity contribution in [3.8, 4) is 17.4 Å². The molecule has 0 aliphatic rings. The summed E-state index contributed by atoms with van der Waals surface area (Å²) in [7, 11) is -0.776. The van der Waals surface area contributed by atoms with Crippen molar-refractivity contribution in [2.45, 2.75) is 6.92 Å². The van der Waals surface area contributed by atoms with Gasteiger partial charge in [0.2, 0.25) is 0 Å². The van der Waals surface area contributed by atoms with Crippen molar-refractivity contribution >= 4 is 21.1 Å². The van der Waals surface area contributed by atoms with Crippen molar-refractivity contribution in [3.63, 3.8) is 0 Å². The predicted molar refractivity (Wildman–Crippen MR) is 84.9 cm³/mol. The first-order chi connectivity index (χ1) is 10.9. The lowest BCUT2D eigenvalue weighted by Crippen LogP contribution is -2.28. The summed E-state index contributed by atoms with van der Waals surface area (Å²) in [5.41, 5.74) is 2.14. The van der Waals surface area contributed by atoms with Gasteiger partial charge in [0.05, 0.1) is 22.8 Å². The molecule has 0 saturated carbocycles. The largest absolute Gasteiger partial charge is 0.443 e. The Morgan fingerprint density at radius 1 is 1.35 bits per heavy atom. The first-order valence-electron chi connectivity index (χ1n) is 6.75. The third-order valence-corrected chi connectivity index (χ3v) is 5.32. The Bertz CT molecular complexity index is 1040. The van der Waals surface area contributed by atoms with Gasteiger partial charge in [0.15, 0.2) is 12.2 Å². The minimum atomic E-state index is -3.70. The number of oxazole rings is 1. The molecule has 7 nitrogen and oxygen atoms in total. The number of benzene rings is 1. The maximum Gasteiger partial charge on any atom is 0.307 e. The number of aryl methyl sites for hydroxylation is 1. The molecule has 0 amide bonds. The zero-order valence-corrected chi connectivity index (χ0v) is 13.6. The summed E-state index contributed by atoms with van der Waals surface area (Å²) in [6.45, 7) is 1.77. The maximum atomic E-state index is 12.5. The molecule has 118 valence electrons. The molecule has 3 rings (SSSR count). The zero-order chi connectivity index (χ0) is 16.8. The second kappa shape index (κ2) is 5.22. The average Bonchev–Trinajstić information content (AvgIpc) is 3.09. The van der Waals surface area contributed by atoms with E-state index in [1.807, 2.05) is 0 Å². The maximum absolute atomic E-state index is 12.5. The highest BCUT2D eigenvalue weighted by Crippen LogP contribution is 2.34. The highest BCUT2D eigenvalue weighted by Gasteiger charge is 2.23. The molecule has 0 fully saturated rings. The molecule has 0 N–H and O–H groups in total. The van der Waals surface area contributed by atoms with Crippen LogP contribution in [0.2, 0.25) is 0 Å². The van der Waals surface area contributed by atoms with Crippen LogP contribution in [0.25, 0.3) is 22.2 Å². The van der Waals surface area contributed by atoms with E-state index in [-0.39, 0.29) is 0 Å². The molecule has 0 bridgehead atoms. The van der Waals surface area contributed by atoms with E-state index < -0.39 is 10.2 Å². The van der Waals surface area contributed by atoms with E-state index in [0.29, 0.717) is 33.5 Å². The molecule has 1 aromatic carbocycles. The standard InChI is InChI=1S/C15H14N4O3S/c1-10-15(22-9-17-10)13-8-19(23(20,21)18(2)3)14-5-4-11(7-16)6-12(13)14/h4-6,8-9H,1-3H3. The van der Waals surface area contributed by atoms with E-state index in [1.54, 1.807) is 25.1 Å². The monoisotopic (exact) mass is 330 g/mol. The summed E-state index contributed by atoms with van der Waals surface area (Å²) in [5.74, 6) is 0.484. The number of hydrogen-bond donors (Lipinski definition) is 0. The number of nitrogens with zero attached hydrogens (tertiary/aromatic N) is 4. The molecule has 2 heterocycles. The fourth-order valence-electron chi connectivity index (χ4n) is 2.38. The Balaban J connectivity index is 2.42. The number of fused-ring (bicyclic) bond motifs is 1. The van der Waals surface area contributed by atoms with Gasteiger partial charge in [-0.15, -0.1) is 0 Å². The van der Waals surface area contributed by atoms with E-state index in [0.717, 1.165) is 4.31 Å². The fraction of sp³-hybridized carbons (Fsp3) is 0.200. The summed E-state index contributed by atoms with van der Waals surface area (Å²) >= 11 is 0. The Morgan fingerprint density at radius 2 is 2.09 bits per heavy atom. The summed E-state index contributed by atoms with van der Waals surface area (Å²) in [5, 5.41) is 9.73. The molecule has 23 heavy (non-hydrogen) atoms. The molecule has 0 unspecified atom stereocenters. The van der Waals surface area contributed by atoms with E-state index in [4.69, 9.17) is 9.68 Å². The Labute approximate surface area is 133 Å². The zero-order valence-electron chi connectivity index (χ0n) is 12.8. The quantitative estimate of drug-likeness (QED) is 0.733. The van der Waals surface area contributed by atoms with E-state index in [1.165, 1.54) is 30.7 Å². The van der Waals surface area contributed by atoms with Crippen LogP contribution in [0, 0.1) is 18.3 Å². The molecule has 0 atom stereocenters. The molecule has 0 aliphatic carbocycles. The predicted octanol–water partition coefficient (Wildman–Crippen LogP) is 2.13. The van der Waals surface area contributed by atoms with Gasteiger partial charge in [0.1, 0.15) is 0 Å². The van der Waals surface area contributed by atoms with Crippen LogP contribution in [0.3, 0.4) is 0 Å². The fourth-order valence-corrected chi connectivity index (χ4v) is 3.38. The topological polar surface area (TPSA) is 92.1 Å². The number of aromatic nitrogens is 2. The molecule has 0 aliphatic heterocycles. The van der Waals surface area contributed by atoms with E-state index in [9.17, 15) is 8.42 Å². The number of nitriles is 1. The van der Waals surface area contributed by atoms with Crippen LogP contribution in [0.1, 0.15) is 11.3 Å². The lowest BCUT2D eigenvalue weighted by atomic mass is 10.1. The third-order valence-electron chi connectivity index (χ3n) is 3.60. The molecule has 2 aromatic heterocycles. The molecule has 0 spiro atoms. The van der Waals surface area contributed by atoms with Gasteiger partial charge in [-0.3, -0.25) is 0 Å². The van der Waals surface area contributed by atoms with Gasteiger partial charge < -0.3 is 4.42 Å². The van der Waals surface area contributed by atoms with Crippen molar-refractivity contribution < 1.29 is 12.8 Å². The normalized spacial score (nSPS) is 12.0. The van der Waals surface area contributed by atoms with Crippen LogP contribution < -0.4 is 0 Å². The van der Waals surface area contributed by atoms with Crippen molar-refractivity contribution in [3.05, 3.63) is 42.0 Å². The molecule has 3 aromatic rings. The SMILES string of the molecule is Cc1ncoc1-c1cn(S(=O)(=O)N(C)C)c2ccc(C#N)cc12. The summed E-state index contributed by atoms with van der Waals surface area (Å²) in [6, 6.07) is 6.91. The molecular formula is C15H14N4O3S. The van der Waals surface area contributed by atoms with Crippen molar-refractivity contribution in [2.24, 2.45) is 0 Å². The lowest BCUT2D eigenvalue weighted by Gasteiger charge is -2.13. The van der Waals surface area contributed by atoms with Crippen LogP contribution in [-0.2, 0) is 10.2 Å². The number of rotatable bonds is 3. The minimum Gasteiger partial charge on any atom is -0.443 e. The summed E-state index contributed by atoms with van der Waals surface area (Å²) in [6.07, 6.45) is 2.80. The van der Waals surface area contributed by atoms with Crippen LogP contribution in [0.4, 0.5) is 0 Å². The van der Waals surface area contributed by atoms with Gasteiger partial charge in [-0.25, -0.2) is 8.96 Å².